The Balaban J connectivity index is 2.84. The predicted octanol–water partition coefficient (Wildman–Crippen LogP) is 1.67. The van der Waals surface area contributed by atoms with Crippen LogP contribution in [0.5, 0.6) is 0 Å². The highest BCUT2D eigenvalue weighted by atomic mass is 17.2. The molecule has 0 saturated heterocycles. The summed E-state index contributed by atoms with van der Waals surface area (Å²) in [6.07, 6.45) is 3.20. The fourth-order valence-corrected chi connectivity index (χ4v) is 0.536. The predicted molar refractivity (Wildman–Crippen MR) is 37.2 cm³/mol. The van der Waals surface area contributed by atoms with Gasteiger partial charge in [0.1, 0.15) is 0 Å². The molecule has 0 atom stereocenters. The Morgan fingerprint density at radius 1 is 1.40 bits per heavy atom. The van der Waals surface area contributed by atoms with Gasteiger partial charge in [0.25, 0.3) is 0 Å². The van der Waals surface area contributed by atoms with Gasteiger partial charge in [0, 0.05) is 6.92 Å². The molecule has 3 heteroatoms. The van der Waals surface area contributed by atoms with Gasteiger partial charge in [-0.15, -0.1) is 0 Å². The van der Waals surface area contributed by atoms with Crippen LogP contribution in [0.15, 0.2) is 0 Å². The molecule has 0 aliphatic rings. The maximum atomic E-state index is 10.1. The van der Waals surface area contributed by atoms with Crippen molar-refractivity contribution in [3.05, 3.63) is 0 Å². The Bertz CT molecular complexity index is 90.9. The van der Waals surface area contributed by atoms with Crippen molar-refractivity contribution in [1.82, 2.24) is 0 Å². The van der Waals surface area contributed by atoms with Crippen molar-refractivity contribution in [2.45, 2.75) is 33.1 Å². The SMILES string of the molecule is CCCCCOOC(C)=O. The van der Waals surface area contributed by atoms with Crippen LogP contribution in [0, 0.1) is 0 Å². The maximum Gasteiger partial charge on any atom is 0.339 e. The number of carbonyl (C=O) groups excluding carboxylic acids is 1. The van der Waals surface area contributed by atoms with Crippen LogP contribution in [0.1, 0.15) is 33.1 Å². The summed E-state index contributed by atoms with van der Waals surface area (Å²) in [6, 6.07) is 0. The van der Waals surface area contributed by atoms with Crippen molar-refractivity contribution < 1.29 is 14.6 Å². The van der Waals surface area contributed by atoms with Gasteiger partial charge >= 0.3 is 5.97 Å². The number of hydrogen-bond acceptors (Lipinski definition) is 3. The standard InChI is InChI=1S/C7H14O3/c1-3-4-5-6-9-10-7(2)8/h3-6H2,1-2H3. The Kier molecular flexibility index (Phi) is 6.18. The van der Waals surface area contributed by atoms with Gasteiger partial charge in [0.2, 0.25) is 0 Å². The van der Waals surface area contributed by atoms with Gasteiger partial charge in [-0.1, -0.05) is 19.8 Å². The summed E-state index contributed by atoms with van der Waals surface area (Å²) >= 11 is 0. The number of hydrogen-bond donors (Lipinski definition) is 0. The molecular formula is C7H14O3. The van der Waals surface area contributed by atoms with Gasteiger partial charge in [-0.2, -0.15) is 4.89 Å². The van der Waals surface area contributed by atoms with E-state index in [-0.39, 0.29) is 0 Å². The van der Waals surface area contributed by atoms with Crippen molar-refractivity contribution in [2.75, 3.05) is 6.61 Å². The van der Waals surface area contributed by atoms with Gasteiger partial charge in [0.15, 0.2) is 0 Å². The molecule has 0 unspecified atom stereocenters. The van der Waals surface area contributed by atoms with E-state index in [4.69, 9.17) is 0 Å². The van der Waals surface area contributed by atoms with Gasteiger partial charge in [-0.25, -0.2) is 4.79 Å². The molecule has 60 valence electrons. The van der Waals surface area contributed by atoms with Crippen LogP contribution in [0.3, 0.4) is 0 Å². The fourth-order valence-electron chi connectivity index (χ4n) is 0.536. The molecule has 0 fully saturated rings. The molecule has 0 aliphatic heterocycles. The molecule has 0 saturated carbocycles. The van der Waals surface area contributed by atoms with E-state index in [0.717, 1.165) is 19.3 Å². The lowest BCUT2D eigenvalue weighted by Gasteiger charge is -1.98. The van der Waals surface area contributed by atoms with Gasteiger partial charge in [-0.05, 0) is 6.42 Å². The first-order chi connectivity index (χ1) is 4.77. The summed E-state index contributed by atoms with van der Waals surface area (Å²) in [7, 11) is 0. The summed E-state index contributed by atoms with van der Waals surface area (Å²) in [5.74, 6) is -0.392. The van der Waals surface area contributed by atoms with Crippen LogP contribution in [0.25, 0.3) is 0 Å². The highest BCUT2D eigenvalue weighted by Crippen LogP contribution is 1.94. The zero-order valence-corrected chi connectivity index (χ0v) is 6.55. The number of rotatable bonds is 5. The molecule has 0 aromatic carbocycles. The van der Waals surface area contributed by atoms with Crippen molar-refractivity contribution in [2.24, 2.45) is 0 Å². The molecule has 0 aliphatic carbocycles. The third-order valence-corrected chi connectivity index (χ3v) is 1.01. The summed E-state index contributed by atoms with van der Waals surface area (Å²) in [6.45, 7) is 3.93. The first-order valence-corrected chi connectivity index (χ1v) is 3.57. The smallest absolute Gasteiger partial charge is 0.299 e. The third kappa shape index (κ3) is 7.43. The number of unbranched alkanes of at least 4 members (excludes halogenated alkanes) is 2. The molecular weight excluding hydrogens is 132 g/mol. The second-order valence-electron chi connectivity index (χ2n) is 2.10. The van der Waals surface area contributed by atoms with Crippen LogP contribution in [-0.4, -0.2) is 12.6 Å². The van der Waals surface area contributed by atoms with E-state index in [1.165, 1.54) is 6.92 Å². The van der Waals surface area contributed by atoms with E-state index in [9.17, 15) is 4.79 Å². The van der Waals surface area contributed by atoms with E-state index in [2.05, 4.69) is 16.7 Å². The topological polar surface area (TPSA) is 35.5 Å². The monoisotopic (exact) mass is 146 g/mol. The van der Waals surface area contributed by atoms with Crippen LogP contribution >= 0.6 is 0 Å². The van der Waals surface area contributed by atoms with E-state index in [0.29, 0.717) is 6.61 Å². The minimum Gasteiger partial charge on any atom is -0.299 e. The Hall–Kier alpha value is -0.570. The molecule has 0 amide bonds. The molecule has 3 nitrogen and oxygen atoms in total. The normalized spacial score (nSPS) is 9.40. The van der Waals surface area contributed by atoms with Gasteiger partial charge < -0.3 is 0 Å². The largest absolute Gasteiger partial charge is 0.339 e. The average molecular weight is 146 g/mol. The Morgan fingerprint density at radius 3 is 2.60 bits per heavy atom. The van der Waals surface area contributed by atoms with Gasteiger partial charge in [-0.3, -0.25) is 4.89 Å². The maximum absolute atomic E-state index is 10.1. The molecule has 0 heterocycles. The highest BCUT2D eigenvalue weighted by Gasteiger charge is 1.91. The Labute approximate surface area is 61.2 Å². The van der Waals surface area contributed by atoms with Gasteiger partial charge in [0.05, 0.1) is 6.61 Å². The molecule has 0 spiro atoms. The van der Waals surface area contributed by atoms with Crippen LogP contribution in [0.4, 0.5) is 0 Å². The van der Waals surface area contributed by atoms with Crippen LogP contribution in [0.2, 0.25) is 0 Å². The summed E-state index contributed by atoms with van der Waals surface area (Å²) in [5.41, 5.74) is 0. The quantitative estimate of drug-likeness (QED) is 0.336. The lowest BCUT2D eigenvalue weighted by molar-refractivity contribution is -0.270. The summed E-state index contributed by atoms with van der Waals surface area (Å²) in [5, 5.41) is 0. The molecule has 0 radical (unpaired) electrons. The minimum absolute atomic E-state index is 0.392. The van der Waals surface area contributed by atoms with Crippen molar-refractivity contribution in [3.8, 4) is 0 Å². The molecule has 0 aromatic rings. The summed E-state index contributed by atoms with van der Waals surface area (Å²) < 4.78 is 0. The van der Waals surface area contributed by atoms with E-state index in [1.54, 1.807) is 0 Å². The first-order valence-electron chi connectivity index (χ1n) is 3.57. The van der Waals surface area contributed by atoms with Crippen molar-refractivity contribution >= 4 is 5.97 Å². The molecule has 0 N–H and O–H groups in total. The van der Waals surface area contributed by atoms with Crippen molar-refractivity contribution in [3.63, 3.8) is 0 Å². The Morgan fingerprint density at radius 2 is 2.10 bits per heavy atom. The van der Waals surface area contributed by atoms with Crippen LogP contribution in [-0.2, 0) is 14.6 Å². The second kappa shape index (κ2) is 6.55. The molecule has 0 rings (SSSR count). The molecule has 10 heavy (non-hydrogen) atoms. The number of carbonyl (C=O) groups is 1. The van der Waals surface area contributed by atoms with E-state index >= 15 is 0 Å². The zero-order chi connectivity index (χ0) is 7.82. The molecule has 0 bridgehead atoms. The fraction of sp³-hybridized carbons (Fsp3) is 0.857. The van der Waals surface area contributed by atoms with E-state index < -0.39 is 5.97 Å². The second-order valence-corrected chi connectivity index (χ2v) is 2.10. The van der Waals surface area contributed by atoms with Crippen LogP contribution < -0.4 is 0 Å². The minimum atomic E-state index is -0.392. The van der Waals surface area contributed by atoms with Crippen molar-refractivity contribution in [1.29, 1.82) is 0 Å². The first kappa shape index (κ1) is 9.43. The lowest BCUT2D eigenvalue weighted by atomic mass is 10.3. The highest BCUT2D eigenvalue weighted by molar-refractivity contribution is 5.65. The summed E-state index contributed by atoms with van der Waals surface area (Å²) in [4.78, 5) is 18.9. The van der Waals surface area contributed by atoms with E-state index in [1.807, 2.05) is 0 Å². The zero-order valence-electron chi connectivity index (χ0n) is 6.55. The third-order valence-electron chi connectivity index (χ3n) is 1.01. The lowest BCUT2D eigenvalue weighted by Crippen LogP contribution is -2.01. The average Bonchev–Trinajstić information content (AvgIpc) is 1.87. The molecule has 0 aromatic heterocycles.